The van der Waals surface area contributed by atoms with Crippen molar-refractivity contribution >= 4 is 40.1 Å². The van der Waals surface area contributed by atoms with Crippen LogP contribution in [0.2, 0.25) is 0 Å². The second-order valence-corrected chi connectivity index (χ2v) is 7.00. The lowest BCUT2D eigenvalue weighted by atomic mass is 10.1. The molecule has 0 aliphatic carbocycles. The van der Waals surface area contributed by atoms with Gasteiger partial charge >= 0.3 is 0 Å². The van der Waals surface area contributed by atoms with Crippen LogP contribution in [-0.2, 0) is 9.59 Å². The SMILES string of the molecule is CC(=NN=C1NC(=O)[C@@H](CC(=O)Nc2ccccc2C#N)S1)C(C)C. The zero-order valence-corrected chi connectivity index (χ0v) is 15.1. The van der Waals surface area contributed by atoms with Gasteiger partial charge in [-0.15, -0.1) is 5.10 Å². The summed E-state index contributed by atoms with van der Waals surface area (Å²) < 4.78 is 0. The number of nitrogens with zero attached hydrogens (tertiary/aromatic N) is 3. The minimum atomic E-state index is -0.567. The first-order chi connectivity index (χ1) is 11.9. The number of hydrogen-bond donors (Lipinski definition) is 2. The van der Waals surface area contributed by atoms with Crippen LogP contribution >= 0.6 is 11.8 Å². The fraction of sp³-hybridized carbons (Fsp3) is 0.353. The van der Waals surface area contributed by atoms with E-state index in [0.29, 0.717) is 16.4 Å². The van der Waals surface area contributed by atoms with Gasteiger partial charge in [0, 0.05) is 12.1 Å². The highest BCUT2D eigenvalue weighted by molar-refractivity contribution is 8.15. The smallest absolute Gasteiger partial charge is 0.240 e. The van der Waals surface area contributed by atoms with Crippen molar-refractivity contribution < 1.29 is 9.59 Å². The van der Waals surface area contributed by atoms with Gasteiger partial charge in [-0.2, -0.15) is 10.4 Å². The summed E-state index contributed by atoms with van der Waals surface area (Å²) in [5.41, 5.74) is 1.67. The van der Waals surface area contributed by atoms with E-state index < -0.39 is 5.25 Å². The second-order valence-electron chi connectivity index (χ2n) is 5.81. The third kappa shape index (κ3) is 5.16. The molecule has 130 valence electrons. The van der Waals surface area contributed by atoms with E-state index in [9.17, 15) is 9.59 Å². The Balaban J connectivity index is 1.98. The van der Waals surface area contributed by atoms with E-state index in [-0.39, 0.29) is 24.2 Å². The highest BCUT2D eigenvalue weighted by Crippen LogP contribution is 2.23. The van der Waals surface area contributed by atoms with E-state index in [0.717, 1.165) is 5.71 Å². The Morgan fingerprint density at radius 1 is 1.44 bits per heavy atom. The van der Waals surface area contributed by atoms with Crippen molar-refractivity contribution in [2.45, 2.75) is 32.4 Å². The van der Waals surface area contributed by atoms with Crippen LogP contribution in [0, 0.1) is 17.2 Å². The van der Waals surface area contributed by atoms with Gasteiger partial charge in [-0.05, 0) is 25.0 Å². The maximum atomic E-state index is 12.2. The van der Waals surface area contributed by atoms with Gasteiger partial charge < -0.3 is 10.6 Å². The Morgan fingerprint density at radius 2 is 2.16 bits per heavy atom. The van der Waals surface area contributed by atoms with E-state index in [1.165, 1.54) is 11.8 Å². The molecule has 2 N–H and O–H groups in total. The average Bonchev–Trinajstić information content (AvgIpc) is 2.92. The van der Waals surface area contributed by atoms with E-state index in [1.54, 1.807) is 24.3 Å². The first kappa shape index (κ1) is 18.7. The summed E-state index contributed by atoms with van der Waals surface area (Å²) in [6, 6.07) is 8.73. The zero-order valence-electron chi connectivity index (χ0n) is 14.2. The quantitative estimate of drug-likeness (QED) is 0.623. The summed E-state index contributed by atoms with van der Waals surface area (Å²) in [7, 11) is 0. The number of amides is 2. The fourth-order valence-corrected chi connectivity index (χ4v) is 2.80. The van der Waals surface area contributed by atoms with Crippen LogP contribution in [0.3, 0.4) is 0 Å². The number of thioether (sulfide) groups is 1. The molecule has 7 nitrogen and oxygen atoms in total. The van der Waals surface area contributed by atoms with Gasteiger partial charge in [0.15, 0.2) is 5.17 Å². The van der Waals surface area contributed by atoms with Gasteiger partial charge in [-0.3, -0.25) is 9.59 Å². The molecule has 0 saturated carbocycles. The molecule has 0 spiro atoms. The summed E-state index contributed by atoms with van der Waals surface area (Å²) >= 11 is 1.18. The molecule has 1 aromatic rings. The van der Waals surface area contributed by atoms with E-state index >= 15 is 0 Å². The first-order valence-electron chi connectivity index (χ1n) is 7.79. The number of amidine groups is 1. The molecule has 25 heavy (non-hydrogen) atoms. The maximum Gasteiger partial charge on any atom is 0.240 e. The summed E-state index contributed by atoms with van der Waals surface area (Å²) in [5, 5.41) is 22.3. The Bertz CT molecular complexity index is 779. The monoisotopic (exact) mass is 357 g/mol. The van der Waals surface area contributed by atoms with Crippen molar-refractivity contribution in [3.8, 4) is 6.07 Å². The molecule has 1 aliphatic heterocycles. The van der Waals surface area contributed by atoms with Crippen molar-refractivity contribution in [1.82, 2.24) is 5.32 Å². The number of anilines is 1. The second kappa shape index (κ2) is 8.44. The molecule has 1 heterocycles. The highest BCUT2D eigenvalue weighted by atomic mass is 32.2. The summed E-state index contributed by atoms with van der Waals surface area (Å²) in [6.45, 7) is 5.88. The van der Waals surface area contributed by atoms with Gasteiger partial charge in [0.25, 0.3) is 0 Å². The average molecular weight is 357 g/mol. The Labute approximate surface area is 150 Å². The molecule has 2 amide bonds. The van der Waals surface area contributed by atoms with Crippen LogP contribution in [0.4, 0.5) is 5.69 Å². The molecule has 1 fully saturated rings. The lowest BCUT2D eigenvalue weighted by Crippen LogP contribution is -2.28. The predicted octanol–water partition coefficient (Wildman–Crippen LogP) is 2.51. The molecule has 0 aromatic heterocycles. The van der Waals surface area contributed by atoms with Crippen LogP contribution in [0.5, 0.6) is 0 Å². The molecule has 1 aliphatic rings. The summed E-state index contributed by atoms with van der Waals surface area (Å²) in [6.07, 6.45) is -0.0117. The lowest BCUT2D eigenvalue weighted by molar-refractivity contribution is -0.122. The molecule has 2 rings (SSSR count). The third-order valence-electron chi connectivity index (χ3n) is 3.60. The van der Waals surface area contributed by atoms with E-state index in [2.05, 4.69) is 20.8 Å². The lowest BCUT2D eigenvalue weighted by Gasteiger charge is -2.08. The number of carbonyl (C=O) groups excluding carboxylic acids is 2. The van der Waals surface area contributed by atoms with Gasteiger partial charge in [0.2, 0.25) is 11.8 Å². The molecule has 1 atom stereocenters. The summed E-state index contributed by atoms with van der Waals surface area (Å²) in [4.78, 5) is 24.1. The van der Waals surface area contributed by atoms with Gasteiger partial charge in [-0.25, -0.2) is 0 Å². The molecule has 0 bridgehead atoms. The standard InChI is InChI=1S/C17H19N5O2S/c1-10(2)11(3)21-22-17-20-16(24)14(25-17)8-15(23)19-13-7-5-4-6-12(13)9-18/h4-7,10,14H,8H2,1-3H3,(H,19,23)(H,20,22,24)/t14-/m1/s1. The number of nitrogens with one attached hydrogen (secondary N) is 2. The minimum Gasteiger partial charge on any atom is -0.325 e. The Hall–Kier alpha value is -2.66. The van der Waals surface area contributed by atoms with Crippen LogP contribution in [0.25, 0.3) is 0 Å². The van der Waals surface area contributed by atoms with Crippen molar-refractivity contribution in [3.63, 3.8) is 0 Å². The van der Waals surface area contributed by atoms with Crippen molar-refractivity contribution in [2.75, 3.05) is 5.32 Å². The van der Waals surface area contributed by atoms with E-state index in [1.807, 2.05) is 26.8 Å². The van der Waals surface area contributed by atoms with Crippen molar-refractivity contribution in [2.24, 2.45) is 16.1 Å². The molecule has 0 radical (unpaired) electrons. The molecule has 1 saturated heterocycles. The van der Waals surface area contributed by atoms with Crippen LogP contribution < -0.4 is 10.6 Å². The summed E-state index contributed by atoms with van der Waals surface area (Å²) in [5.74, 6) is -0.337. The number of nitriles is 1. The Kier molecular flexibility index (Phi) is 6.31. The molecule has 1 aromatic carbocycles. The molecule has 0 unspecified atom stereocenters. The van der Waals surface area contributed by atoms with Crippen molar-refractivity contribution in [1.29, 1.82) is 5.26 Å². The molecular weight excluding hydrogens is 338 g/mol. The maximum absolute atomic E-state index is 12.2. The minimum absolute atomic E-state index is 0.0117. The predicted molar refractivity (Wildman–Crippen MR) is 99.3 cm³/mol. The number of carbonyl (C=O) groups is 2. The molecular formula is C17H19N5O2S. The normalized spacial score (nSPS) is 19.0. The third-order valence-corrected chi connectivity index (χ3v) is 4.68. The number of rotatable bonds is 5. The largest absolute Gasteiger partial charge is 0.325 e. The fourth-order valence-electron chi connectivity index (χ4n) is 1.89. The van der Waals surface area contributed by atoms with Crippen LogP contribution in [0.1, 0.15) is 32.8 Å². The van der Waals surface area contributed by atoms with Crippen LogP contribution in [0.15, 0.2) is 34.5 Å². The van der Waals surface area contributed by atoms with Crippen molar-refractivity contribution in [3.05, 3.63) is 29.8 Å². The number of hydrogen-bond acceptors (Lipinski definition) is 6. The molecule has 8 heteroatoms. The topological polar surface area (TPSA) is 107 Å². The van der Waals surface area contributed by atoms with E-state index in [4.69, 9.17) is 5.26 Å². The first-order valence-corrected chi connectivity index (χ1v) is 8.67. The van der Waals surface area contributed by atoms with Gasteiger partial charge in [0.1, 0.15) is 11.3 Å². The van der Waals surface area contributed by atoms with Gasteiger partial charge in [0.05, 0.1) is 11.3 Å². The highest BCUT2D eigenvalue weighted by Gasteiger charge is 2.32. The Morgan fingerprint density at radius 3 is 2.84 bits per heavy atom. The zero-order chi connectivity index (χ0) is 18.4. The van der Waals surface area contributed by atoms with Gasteiger partial charge in [-0.1, -0.05) is 37.7 Å². The number of benzene rings is 1. The van der Waals surface area contributed by atoms with Crippen LogP contribution in [-0.4, -0.2) is 27.9 Å². The number of para-hydroxylation sites is 1.